The zero-order valence-corrected chi connectivity index (χ0v) is 10.7. The molecule has 0 bridgehead atoms. The van der Waals surface area contributed by atoms with Gasteiger partial charge in [0.2, 0.25) is 0 Å². The first-order valence-electron chi connectivity index (χ1n) is 5.92. The number of carbonyl (C=O) groups is 2. The number of nitrogens with zero attached hydrogens (tertiary/aromatic N) is 1. The summed E-state index contributed by atoms with van der Waals surface area (Å²) in [6.45, 7) is 4.01. The number of benzene rings is 1. The van der Waals surface area contributed by atoms with Crippen molar-refractivity contribution in [2.75, 3.05) is 18.6 Å². The average molecular weight is 261 g/mol. The van der Waals surface area contributed by atoms with Gasteiger partial charge in [0.15, 0.2) is 6.10 Å². The van der Waals surface area contributed by atoms with Gasteiger partial charge in [-0.25, -0.2) is 0 Å². The monoisotopic (exact) mass is 261 g/mol. The lowest BCUT2D eigenvalue weighted by molar-refractivity contribution is -0.145. The van der Waals surface area contributed by atoms with E-state index in [1.54, 1.807) is 23.1 Å². The van der Waals surface area contributed by atoms with Crippen LogP contribution in [0.2, 0.25) is 0 Å². The maximum Gasteiger partial charge on any atom is 0.309 e. The summed E-state index contributed by atoms with van der Waals surface area (Å²) in [6, 6.07) is 7.20. The van der Waals surface area contributed by atoms with Gasteiger partial charge in [-0.15, -0.1) is 6.58 Å². The number of rotatable bonds is 4. The smallest absolute Gasteiger partial charge is 0.309 e. The predicted octanol–water partition coefficient (Wildman–Crippen LogP) is 1.53. The number of carbonyl (C=O) groups excluding carboxylic acids is 2. The van der Waals surface area contributed by atoms with E-state index in [-0.39, 0.29) is 12.3 Å². The van der Waals surface area contributed by atoms with Gasteiger partial charge in [-0.1, -0.05) is 18.2 Å². The molecule has 0 saturated heterocycles. The van der Waals surface area contributed by atoms with Crippen LogP contribution in [0.15, 0.2) is 36.9 Å². The Bertz CT molecular complexity index is 512. The second-order valence-corrected chi connectivity index (χ2v) is 4.09. The van der Waals surface area contributed by atoms with E-state index in [0.29, 0.717) is 18.0 Å². The van der Waals surface area contributed by atoms with E-state index < -0.39 is 12.1 Å². The van der Waals surface area contributed by atoms with E-state index in [1.165, 1.54) is 7.11 Å². The summed E-state index contributed by atoms with van der Waals surface area (Å²) >= 11 is 0. The summed E-state index contributed by atoms with van der Waals surface area (Å²) < 4.78 is 10.1. The summed E-state index contributed by atoms with van der Waals surface area (Å²) in [5, 5.41) is 0. The fourth-order valence-corrected chi connectivity index (χ4v) is 1.96. The maximum absolute atomic E-state index is 12.3. The highest BCUT2D eigenvalue weighted by atomic mass is 16.5. The third-order valence-electron chi connectivity index (χ3n) is 2.86. The molecule has 100 valence electrons. The van der Waals surface area contributed by atoms with Crippen molar-refractivity contribution in [2.45, 2.75) is 12.5 Å². The molecule has 1 amide bonds. The Morgan fingerprint density at radius 3 is 2.95 bits per heavy atom. The van der Waals surface area contributed by atoms with Crippen LogP contribution in [0.4, 0.5) is 5.69 Å². The predicted molar refractivity (Wildman–Crippen MR) is 70.0 cm³/mol. The number of ether oxygens (including phenoxy) is 2. The Kier molecular flexibility index (Phi) is 3.85. The Balaban J connectivity index is 2.30. The zero-order chi connectivity index (χ0) is 13.8. The number of fused-ring (bicyclic) bond motifs is 1. The topological polar surface area (TPSA) is 55.8 Å². The van der Waals surface area contributed by atoms with Crippen molar-refractivity contribution in [3.8, 4) is 5.75 Å². The van der Waals surface area contributed by atoms with Crippen molar-refractivity contribution in [1.82, 2.24) is 0 Å². The second kappa shape index (κ2) is 5.56. The molecule has 19 heavy (non-hydrogen) atoms. The van der Waals surface area contributed by atoms with Gasteiger partial charge in [0, 0.05) is 6.54 Å². The van der Waals surface area contributed by atoms with E-state index in [2.05, 4.69) is 11.3 Å². The maximum atomic E-state index is 12.3. The molecule has 0 N–H and O–H groups in total. The molecule has 2 rings (SSSR count). The van der Waals surface area contributed by atoms with Crippen LogP contribution in [-0.2, 0) is 14.3 Å². The molecular formula is C14H15NO4. The lowest BCUT2D eigenvalue weighted by Crippen LogP contribution is -2.47. The molecule has 5 heteroatoms. The van der Waals surface area contributed by atoms with Crippen molar-refractivity contribution in [3.05, 3.63) is 36.9 Å². The Labute approximate surface area is 111 Å². The van der Waals surface area contributed by atoms with Gasteiger partial charge in [0.05, 0.1) is 19.2 Å². The van der Waals surface area contributed by atoms with E-state index in [1.807, 2.05) is 12.1 Å². The Hall–Kier alpha value is -2.30. The molecule has 1 aliphatic rings. The van der Waals surface area contributed by atoms with Crippen molar-refractivity contribution in [3.63, 3.8) is 0 Å². The molecule has 0 radical (unpaired) electrons. The molecule has 0 spiro atoms. The number of amides is 1. The van der Waals surface area contributed by atoms with Gasteiger partial charge in [-0.2, -0.15) is 0 Å². The SMILES string of the molecule is C=CCN1C(=O)[C@H](CC(=O)OC)Oc2ccccc21. The highest BCUT2D eigenvalue weighted by molar-refractivity contribution is 6.01. The molecule has 0 aliphatic carbocycles. The van der Waals surface area contributed by atoms with Crippen LogP contribution in [-0.4, -0.2) is 31.6 Å². The summed E-state index contributed by atoms with van der Waals surface area (Å²) in [4.78, 5) is 25.1. The highest BCUT2D eigenvalue weighted by Crippen LogP contribution is 2.34. The lowest BCUT2D eigenvalue weighted by atomic mass is 10.1. The summed E-state index contributed by atoms with van der Waals surface area (Å²) in [5.74, 6) is -0.155. The fourth-order valence-electron chi connectivity index (χ4n) is 1.96. The molecule has 0 aromatic heterocycles. The number of hydrogen-bond donors (Lipinski definition) is 0. The van der Waals surface area contributed by atoms with Crippen molar-refractivity contribution in [1.29, 1.82) is 0 Å². The highest BCUT2D eigenvalue weighted by Gasteiger charge is 2.35. The van der Waals surface area contributed by atoms with Crippen LogP contribution in [0.3, 0.4) is 0 Å². The molecule has 1 aromatic carbocycles. The van der Waals surface area contributed by atoms with Gasteiger partial charge < -0.3 is 14.4 Å². The molecule has 1 heterocycles. The van der Waals surface area contributed by atoms with E-state index in [4.69, 9.17) is 4.74 Å². The molecule has 0 saturated carbocycles. The van der Waals surface area contributed by atoms with Crippen LogP contribution in [0, 0.1) is 0 Å². The number of anilines is 1. The van der Waals surface area contributed by atoms with E-state index in [0.717, 1.165) is 0 Å². The number of methoxy groups -OCH3 is 1. The molecule has 1 aromatic rings. The summed E-state index contributed by atoms with van der Waals surface area (Å²) in [6.07, 6.45) is 0.689. The van der Waals surface area contributed by atoms with Crippen molar-refractivity contribution in [2.24, 2.45) is 0 Å². The van der Waals surface area contributed by atoms with Crippen LogP contribution in [0.25, 0.3) is 0 Å². The van der Waals surface area contributed by atoms with Gasteiger partial charge in [-0.05, 0) is 12.1 Å². The third kappa shape index (κ3) is 2.59. The van der Waals surface area contributed by atoms with Gasteiger partial charge >= 0.3 is 5.97 Å². The number of hydrogen-bond acceptors (Lipinski definition) is 4. The molecule has 0 fully saturated rings. The summed E-state index contributed by atoms with van der Waals surface area (Å²) in [5.41, 5.74) is 0.688. The van der Waals surface area contributed by atoms with Crippen molar-refractivity contribution < 1.29 is 19.1 Å². The first kappa shape index (κ1) is 13.1. The zero-order valence-electron chi connectivity index (χ0n) is 10.7. The minimum absolute atomic E-state index is 0.0999. The fraction of sp³-hybridized carbons (Fsp3) is 0.286. The average Bonchev–Trinajstić information content (AvgIpc) is 2.43. The van der Waals surface area contributed by atoms with Crippen LogP contribution >= 0.6 is 0 Å². The minimum Gasteiger partial charge on any atom is -0.478 e. The molecule has 1 atom stereocenters. The first-order chi connectivity index (χ1) is 9.17. The Morgan fingerprint density at radius 2 is 2.26 bits per heavy atom. The van der Waals surface area contributed by atoms with Gasteiger partial charge in [0.1, 0.15) is 5.75 Å². The molecule has 1 aliphatic heterocycles. The Morgan fingerprint density at radius 1 is 1.53 bits per heavy atom. The number of para-hydroxylation sites is 2. The number of esters is 1. The molecule has 5 nitrogen and oxygen atoms in total. The second-order valence-electron chi connectivity index (χ2n) is 4.09. The van der Waals surface area contributed by atoms with E-state index >= 15 is 0 Å². The van der Waals surface area contributed by atoms with E-state index in [9.17, 15) is 9.59 Å². The largest absolute Gasteiger partial charge is 0.478 e. The summed E-state index contributed by atoms with van der Waals surface area (Å²) in [7, 11) is 1.28. The minimum atomic E-state index is -0.845. The standard InChI is InChI=1S/C14H15NO4/c1-3-8-15-10-6-4-5-7-11(10)19-12(14(15)17)9-13(16)18-2/h3-7,12H,1,8-9H2,2H3/t12-/m0/s1. The van der Waals surface area contributed by atoms with Crippen LogP contribution in [0.5, 0.6) is 5.75 Å². The van der Waals surface area contributed by atoms with Gasteiger partial charge in [-0.3, -0.25) is 9.59 Å². The van der Waals surface area contributed by atoms with Crippen LogP contribution < -0.4 is 9.64 Å². The first-order valence-corrected chi connectivity index (χ1v) is 5.92. The quantitative estimate of drug-likeness (QED) is 0.609. The lowest BCUT2D eigenvalue weighted by Gasteiger charge is -2.33. The third-order valence-corrected chi connectivity index (χ3v) is 2.86. The van der Waals surface area contributed by atoms with Gasteiger partial charge in [0.25, 0.3) is 5.91 Å². The molecular weight excluding hydrogens is 246 g/mol. The normalized spacial score (nSPS) is 17.4. The van der Waals surface area contributed by atoms with Crippen LogP contribution in [0.1, 0.15) is 6.42 Å². The molecule has 0 unspecified atom stereocenters. The van der Waals surface area contributed by atoms with Crippen molar-refractivity contribution >= 4 is 17.6 Å².